The molecule has 1 fully saturated rings. The summed E-state index contributed by atoms with van der Waals surface area (Å²) in [5, 5.41) is 3.45. The van der Waals surface area contributed by atoms with Gasteiger partial charge in [-0.2, -0.15) is 0 Å². The lowest BCUT2D eigenvalue weighted by Crippen LogP contribution is -2.45. The molecule has 4 nitrogen and oxygen atoms in total. The number of halogens is 2. The minimum Gasteiger partial charge on any atom is -0.486 e. The van der Waals surface area contributed by atoms with Gasteiger partial charge >= 0.3 is 0 Å². The molecule has 2 aliphatic heterocycles. The molecule has 6 heteroatoms. The van der Waals surface area contributed by atoms with Crippen LogP contribution in [0.3, 0.4) is 0 Å². The summed E-state index contributed by atoms with van der Waals surface area (Å²) >= 11 is 0. The van der Waals surface area contributed by atoms with Gasteiger partial charge in [-0.05, 0) is 36.5 Å². The quantitative estimate of drug-likeness (QED) is 0.849. The Hall–Kier alpha value is -0.680. The van der Waals surface area contributed by atoms with E-state index in [1.165, 1.54) is 18.4 Å². The van der Waals surface area contributed by atoms with E-state index < -0.39 is 0 Å². The van der Waals surface area contributed by atoms with Crippen LogP contribution < -0.4 is 14.8 Å². The summed E-state index contributed by atoms with van der Waals surface area (Å²) in [7, 11) is 0. The standard InChI is InChI=1S/C18H28N2O2.2ClH/c1-14(2)3-5-16(20-9-7-19-8-10-20)15-4-6-17-18(13-15)22-12-11-21-17;;/h4,6,13-14,16,19H,3,5,7-12H2,1-2H3;2*1H/t16-;;/m0../s1. The monoisotopic (exact) mass is 376 g/mol. The highest BCUT2D eigenvalue weighted by atomic mass is 35.5. The van der Waals surface area contributed by atoms with Crippen LogP contribution >= 0.6 is 24.8 Å². The molecule has 0 spiro atoms. The fourth-order valence-electron chi connectivity index (χ4n) is 3.31. The molecule has 2 heterocycles. The summed E-state index contributed by atoms with van der Waals surface area (Å²) in [5.74, 6) is 2.54. The SMILES string of the molecule is CC(C)CC[C@@H](c1ccc2c(c1)OCCO2)N1CCNCC1.Cl.Cl. The van der Waals surface area contributed by atoms with E-state index in [0.717, 1.165) is 43.6 Å². The summed E-state index contributed by atoms with van der Waals surface area (Å²) in [6.07, 6.45) is 2.46. The van der Waals surface area contributed by atoms with E-state index in [9.17, 15) is 0 Å². The summed E-state index contributed by atoms with van der Waals surface area (Å²) in [4.78, 5) is 2.62. The first kappa shape index (κ1) is 21.4. The molecule has 1 aromatic rings. The van der Waals surface area contributed by atoms with Crippen molar-refractivity contribution in [2.75, 3.05) is 39.4 Å². The number of piperazine rings is 1. The van der Waals surface area contributed by atoms with Crippen molar-refractivity contribution in [3.8, 4) is 11.5 Å². The fourth-order valence-corrected chi connectivity index (χ4v) is 3.31. The molecular weight excluding hydrogens is 347 g/mol. The van der Waals surface area contributed by atoms with Crippen molar-refractivity contribution in [3.05, 3.63) is 23.8 Å². The van der Waals surface area contributed by atoms with E-state index in [1.54, 1.807) is 0 Å². The lowest BCUT2D eigenvalue weighted by Gasteiger charge is -2.36. The maximum atomic E-state index is 5.77. The molecule has 3 rings (SSSR count). The highest BCUT2D eigenvalue weighted by Gasteiger charge is 2.24. The Labute approximate surface area is 158 Å². The minimum atomic E-state index is 0. The van der Waals surface area contributed by atoms with Gasteiger partial charge in [0.25, 0.3) is 0 Å². The second kappa shape index (κ2) is 10.3. The molecule has 24 heavy (non-hydrogen) atoms. The molecule has 1 aromatic carbocycles. The third kappa shape index (κ3) is 5.41. The van der Waals surface area contributed by atoms with Gasteiger partial charge in [-0.15, -0.1) is 24.8 Å². The number of fused-ring (bicyclic) bond motifs is 1. The normalized spacial score (nSPS) is 18.5. The van der Waals surface area contributed by atoms with Crippen molar-refractivity contribution >= 4 is 24.8 Å². The average molecular weight is 377 g/mol. The van der Waals surface area contributed by atoms with Crippen LogP contribution in [0.25, 0.3) is 0 Å². The zero-order valence-corrected chi connectivity index (χ0v) is 16.3. The van der Waals surface area contributed by atoms with Gasteiger partial charge in [-0.25, -0.2) is 0 Å². The van der Waals surface area contributed by atoms with Crippen LogP contribution in [0.4, 0.5) is 0 Å². The Morgan fingerprint density at radius 3 is 2.33 bits per heavy atom. The molecule has 2 aliphatic rings. The van der Waals surface area contributed by atoms with Crippen LogP contribution in [-0.2, 0) is 0 Å². The molecule has 0 unspecified atom stereocenters. The van der Waals surface area contributed by atoms with E-state index in [0.29, 0.717) is 19.3 Å². The molecule has 1 atom stereocenters. The van der Waals surface area contributed by atoms with Crippen LogP contribution in [0.1, 0.15) is 38.3 Å². The zero-order valence-electron chi connectivity index (χ0n) is 14.6. The molecule has 0 aromatic heterocycles. The van der Waals surface area contributed by atoms with Crippen molar-refractivity contribution in [2.45, 2.75) is 32.7 Å². The predicted molar refractivity (Wildman–Crippen MR) is 103 cm³/mol. The van der Waals surface area contributed by atoms with Gasteiger partial charge in [0.2, 0.25) is 0 Å². The number of hydrogen-bond donors (Lipinski definition) is 1. The number of rotatable bonds is 5. The molecule has 1 N–H and O–H groups in total. The first-order valence-electron chi connectivity index (χ1n) is 8.58. The van der Waals surface area contributed by atoms with Crippen LogP contribution in [0.2, 0.25) is 0 Å². The largest absolute Gasteiger partial charge is 0.486 e. The highest BCUT2D eigenvalue weighted by Crippen LogP contribution is 2.36. The second-order valence-electron chi connectivity index (χ2n) is 6.68. The highest BCUT2D eigenvalue weighted by molar-refractivity contribution is 5.85. The van der Waals surface area contributed by atoms with Gasteiger partial charge in [0, 0.05) is 32.2 Å². The third-order valence-corrected chi connectivity index (χ3v) is 4.56. The molecule has 138 valence electrons. The molecule has 0 aliphatic carbocycles. The molecule has 0 amide bonds. The van der Waals surface area contributed by atoms with E-state index in [1.807, 2.05) is 0 Å². The number of nitrogens with zero attached hydrogens (tertiary/aromatic N) is 1. The van der Waals surface area contributed by atoms with E-state index >= 15 is 0 Å². The molecule has 0 saturated carbocycles. The predicted octanol–water partition coefficient (Wildman–Crippen LogP) is 3.68. The van der Waals surface area contributed by atoms with Crippen molar-refractivity contribution < 1.29 is 9.47 Å². The molecule has 0 bridgehead atoms. The second-order valence-corrected chi connectivity index (χ2v) is 6.68. The maximum Gasteiger partial charge on any atom is 0.161 e. The van der Waals surface area contributed by atoms with Crippen molar-refractivity contribution in [3.63, 3.8) is 0 Å². The summed E-state index contributed by atoms with van der Waals surface area (Å²) < 4.78 is 11.4. The van der Waals surface area contributed by atoms with Crippen LogP contribution in [0, 0.1) is 5.92 Å². The molecule has 1 saturated heterocycles. The maximum absolute atomic E-state index is 5.77. The Balaban J connectivity index is 0.00000144. The van der Waals surface area contributed by atoms with Gasteiger partial charge < -0.3 is 14.8 Å². The Morgan fingerprint density at radius 1 is 1.00 bits per heavy atom. The average Bonchev–Trinajstić information content (AvgIpc) is 2.55. The van der Waals surface area contributed by atoms with Gasteiger partial charge in [0.05, 0.1) is 0 Å². The number of benzene rings is 1. The Kier molecular flexibility index (Phi) is 9.21. The Morgan fingerprint density at radius 2 is 1.67 bits per heavy atom. The number of hydrogen-bond acceptors (Lipinski definition) is 4. The van der Waals surface area contributed by atoms with Crippen LogP contribution in [0.15, 0.2) is 18.2 Å². The van der Waals surface area contributed by atoms with Gasteiger partial charge in [0.15, 0.2) is 11.5 Å². The first-order chi connectivity index (χ1) is 10.7. The third-order valence-electron chi connectivity index (χ3n) is 4.56. The lowest BCUT2D eigenvalue weighted by molar-refractivity contribution is 0.155. The topological polar surface area (TPSA) is 33.7 Å². The first-order valence-corrected chi connectivity index (χ1v) is 8.58. The van der Waals surface area contributed by atoms with Gasteiger partial charge in [-0.1, -0.05) is 19.9 Å². The summed E-state index contributed by atoms with van der Waals surface area (Å²) in [6.45, 7) is 10.3. The summed E-state index contributed by atoms with van der Waals surface area (Å²) in [5.41, 5.74) is 1.37. The van der Waals surface area contributed by atoms with E-state index in [-0.39, 0.29) is 24.8 Å². The van der Waals surface area contributed by atoms with Crippen molar-refractivity contribution in [1.29, 1.82) is 0 Å². The van der Waals surface area contributed by atoms with E-state index in [4.69, 9.17) is 9.47 Å². The van der Waals surface area contributed by atoms with Crippen LogP contribution in [0.5, 0.6) is 11.5 Å². The summed E-state index contributed by atoms with van der Waals surface area (Å²) in [6, 6.07) is 6.98. The van der Waals surface area contributed by atoms with Crippen molar-refractivity contribution in [2.24, 2.45) is 5.92 Å². The number of nitrogens with one attached hydrogen (secondary N) is 1. The fraction of sp³-hybridized carbons (Fsp3) is 0.667. The smallest absolute Gasteiger partial charge is 0.161 e. The molecule has 0 radical (unpaired) electrons. The van der Waals surface area contributed by atoms with Gasteiger partial charge in [-0.3, -0.25) is 4.90 Å². The van der Waals surface area contributed by atoms with Crippen molar-refractivity contribution in [1.82, 2.24) is 10.2 Å². The minimum absolute atomic E-state index is 0. The Bertz CT molecular complexity index is 494. The number of ether oxygens (including phenoxy) is 2. The molecular formula is C18H30Cl2N2O2. The van der Waals surface area contributed by atoms with E-state index in [2.05, 4.69) is 42.3 Å². The lowest BCUT2D eigenvalue weighted by atomic mass is 9.95. The zero-order chi connectivity index (χ0) is 15.4. The van der Waals surface area contributed by atoms with Crippen LogP contribution in [-0.4, -0.2) is 44.3 Å². The van der Waals surface area contributed by atoms with Gasteiger partial charge in [0.1, 0.15) is 13.2 Å².